The Morgan fingerprint density at radius 3 is 2.79 bits per heavy atom. The number of nitrogens with one attached hydrogen (secondary N) is 1. The van der Waals surface area contributed by atoms with Crippen molar-refractivity contribution >= 4 is 23.0 Å². The maximum Gasteiger partial charge on any atom is 0.168 e. The summed E-state index contributed by atoms with van der Waals surface area (Å²) in [6.45, 7) is 1.65. The molecule has 0 saturated carbocycles. The van der Waals surface area contributed by atoms with E-state index in [1.807, 2.05) is 6.07 Å². The second-order valence-electron chi connectivity index (χ2n) is 2.75. The van der Waals surface area contributed by atoms with E-state index in [9.17, 15) is 4.39 Å². The molecule has 1 aromatic carbocycles. The van der Waals surface area contributed by atoms with Crippen LogP contribution in [0.3, 0.4) is 0 Å². The molecule has 1 aromatic rings. The van der Waals surface area contributed by atoms with Crippen molar-refractivity contribution in [2.75, 3.05) is 5.32 Å². The predicted molar refractivity (Wildman–Crippen MR) is 56.3 cm³/mol. The number of hydrogen-bond acceptors (Lipinski definition) is 2. The number of nitrogens with zero attached hydrogens (tertiary/aromatic N) is 1. The quantitative estimate of drug-likeness (QED) is 0.690. The summed E-state index contributed by atoms with van der Waals surface area (Å²) in [5, 5.41) is 11.4. The van der Waals surface area contributed by atoms with Gasteiger partial charge in [0.1, 0.15) is 11.9 Å². The van der Waals surface area contributed by atoms with Crippen molar-refractivity contribution in [1.29, 1.82) is 5.26 Å². The van der Waals surface area contributed by atoms with Crippen LogP contribution in [0.15, 0.2) is 12.1 Å². The highest BCUT2D eigenvalue weighted by molar-refractivity contribution is 7.80. The molecular weight excluding hydrogens is 201 g/mol. The highest BCUT2D eigenvalue weighted by Crippen LogP contribution is 2.20. The molecule has 0 amide bonds. The van der Waals surface area contributed by atoms with Crippen LogP contribution < -0.4 is 11.1 Å². The molecule has 0 unspecified atom stereocenters. The van der Waals surface area contributed by atoms with Gasteiger partial charge in [0, 0.05) is 0 Å². The molecule has 3 N–H and O–H groups in total. The van der Waals surface area contributed by atoms with Gasteiger partial charge < -0.3 is 11.1 Å². The van der Waals surface area contributed by atoms with Crippen LogP contribution in [0.2, 0.25) is 0 Å². The highest BCUT2D eigenvalue weighted by Gasteiger charge is 2.07. The molecule has 0 saturated heterocycles. The molecule has 72 valence electrons. The number of rotatable bonds is 1. The van der Waals surface area contributed by atoms with E-state index in [1.54, 1.807) is 6.92 Å². The first kappa shape index (κ1) is 10.4. The fourth-order valence-corrected chi connectivity index (χ4v) is 1.23. The summed E-state index contributed by atoms with van der Waals surface area (Å²) in [5.74, 6) is -0.430. The fourth-order valence-electron chi connectivity index (χ4n) is 1.12. The zero-order valence-corrected chi connectivity index (χ0v) is 8.28. The minimum atomic E-state index is -0.430. The topological polar surface area (TPSA) is 61.8 Å². The monoisotopic (exact) mass is 209 g/mol. The molecule has 0 heterocycles. The SMILES string of the molecule is Cc1cc(F)cc(NC(N)=S)c1C#N. The molecule has 0 radical (unpaired) electrons. The summed E-state index contributed by atoms with van der Waals surface area (Å²) < 4.78 is 13.0. The van der Waals surface area contributed by atoms with Crippen molar-refractivity contribution in [3.05, 3.63) is 29.1 Å². The average molecular weight is 209 g/mol. The van der Waals surface area contributed by atoms with Crippen LogP contribution in [0.4, 0.5) is 10.1 Å². The van der Waals surface area contributed by atoms with E-state index in [0.717, 1.165) is 0 Å². The molecular formula is C9H8FN3S. The number of benzene rings is 1. The lowest BCUT2D eigenvalue weighted by Crippen LogP contribution is -2.20. The smallest absolute Gasteiger partial charge is 0.168 e. The van der Waals surface area contributed by atoms with Gasteiger partial charge in [0.15, 0.2) is 5.11 Å². The molecule has 0 fully saturated rings. The van der Waals surface area contributed by atoms with Gasteiger partial charge in [-0.05, 0) is 36.8 Å². The van der Waals surface area contributed by atoms with Crippen LogP contribution in [0.5, 0.6) is 0 Å². The van der Waals surface area contributed by atoms with Gasteiger partial charge in [-0.2, -0.15) is 5.26 Å². The normalized spacial score (nSPS) is 9.21. The number of thiocarbonyl (C=S) groups is 1. The molecule has 3 nitrogen and oxygen atoms in total. The standard InChI is InChI=1S/C9H8FN3S/c1-5-2-6(10)3-8(7(5)4-11)13-9(12)14/h2-3H,1H3,(H3,12,13,14). The Balaban J connectivity index is 3.26. The molecule has 0 aliphatic heterocycles. The molecule has 0 bridgehead atoms. The molecule has 0 atom stereocenters. The lowest BCUT2D eigenvalue weighted by Gasteiger charge is -2.08. The van der Waals surface area contributed by atoms with Crippen LogP contribution >= 0.6 is 12.2 Å². The van der Waals surface area contributed by atoms with E-state index in [0.29, 0.717) is 16.8 Å². The number of nitriles is 1. The van der Waals surface area contributed by atoms with Gasteiger partial charge >= 0.3 is 0 Å². The van der Waals surface area contributed by atoms with E-state index in [2.05, 4.69) is 17.5 Å². The van der Waals surface area contributed by atoms with Crippen LogP contribution in [-0.2, 0) is 0 Å². The van der Waals surface area contributed by atoms with Crippen molar-refractivity contribution in [3.8, 4) is 6.07 Å². The number of hydrogen-bond donors (Lipinski definition) is 2. The Hall–Kier alpha value is -1.67. The van der Waals surface area contributed by atoms with Crippen LogP contribution in [0, 0.1) is 24.1 Å². The summed E-state index contributed by atoms with van der Waals surface area (Å²) >= 11 is 4.61. The zero-order chi connectivity index (χ0) is 10.7. The summed E-state index contributed by atoms with van der Waals surface area (Å²) in [6.07, 6.45) is 0. The first-order valence-electron chi connectivity index (χ1n) is 3.81. The molecule has 0 aromatic heterocycles. The molecule has 0 spiro atoms. The highest BCUT2D eigenvalue weighted by atomic mass is 32.1. The van der Waals surface area contributed by atoms with Gasteiger partial charge in [-0.3, -0.25) is 0 Å². The lowest BCUT2D eigenvalue weighted by molar-refractivity contribution is 0.627. The fraction of sp³-hybridized carbons (Fsp3) is 0.111. The van der Waals surface area contributed by atoms with Crippen molar-refractivity contribution in [3.63, 3.8) is 0 Å². The Labute approximate surface area is 86.3 Å². The third-order valence-corrected chi connectivity index (χ3v) is 1.77. The first-order valence-corrected chi connectivity index (χ1v) is 4.22. The molecule has 0 aliphatic rings. The summed E-state index contributed by atoms with van der Waals surface area (Å²) in [6, 6.07) is 4.42. The van der Waals surface area contributed by atoms with Crippen molar-refractivity contribution in [1.82, 2.24) is 0 Å². The van der Waals surface area contributed by atoms with Crippen LogP contribution in [0.25, 0.3) is 0 Å². The average Bonchev–Trinajstić information content (AvgIpc) is 2.01. The number of halogens is 1. The first-order chi connectivity index (χ1) is 6.54. The van der Waals surface area contributed by atoms with Crippen molar-refractivity contribution in [2.24, 2.45) is 5.73 Å². The van der Waals surface area contributed by atoms with Gasteiger partial charge in [-0.15, -0.1) is 0 Å². The van der Waals surface area contributed by atoms with E-state index in [4.69, 9.17) is 11.0 Å². The molecule has 5 heteroatoms. The van der Waals surface area contributed by atoms with Crippen molar-refractivity contribution < 1.29 is 4.39 Å². The number of anilines is 1. The van der Waals surface area contributed by atoms with Crippen molar-refractivity contribution in [2.45, 2.75) is 6.92 Å². The van der Waals surface area contributed by atoms with E-state index >= 15 is 0 Å². The Kier molecular flexibility index (Phi) is 2.99. The second kappa shape index (κ2) is 4.03. The maximum atomic E-state index is 13.0. The van der Waals surface area contributed by atoms with E-state index in [-0.39, 0.29) is 5.11 Å². The van der Waals surface area contributed by atoms with Gasteiger partial charge in [-0.25, -0.2) is 4.39 Å². The molecule has 14 heavy (non-hydrogen) atoms. The minimum Gasteiger partial charge on any atom is -0.376 e. The summed E-state index contributed by atoms with van der Waals surface area (Å²) in [4.78, 5) is 0. The largest absolute Gasteiger partial charge is 0.376 e. The maximum absolute atomic E-state index is 13.0. The van der Waals surface area contributed by atoms with Gasteiger partial charge in [0.25, 0.3) is 0 Å². The van der Waals surface area contributed by atoms with Gasteiger partial charge in [0.05, 0.1) is 11.3 Å². The van der Waals surface area contributed by atoms with Gasteiger partial charge in [-0.1, -0.05) is 0 Å². The third-order valence-electron chi connectivity index (χ3n) is 1.67. The lowest BCUT2D eigenvalue weighted by atomic mass is 10.1. The predicted octanol–water partition coefficient (Wildman–Crippen LogP) is 1.66. The number of aryl methyl sites for hydroxylation is 1. The Morgan fingerprint density at radius 1 is 1.64 bits per heavy atom. The second-order valence-corrected chi connectivity index (χ2v) is 3.19. The number of nitrogens with two attached hydrogens (primary N) is 1. The Morgan fingerprint density at radius 2 is 2.29 bits per heavy atom. The van der Waals surface area contributed by atoms with Gasteiger partial charge in [0.2, 0.25) is 0 Å². The summed E-state index contributed by atoms with van der Waals surface area (Å²) in [5.41, 5.74) is 6.43. The summed E-state index contributed by atoms with van der Waals surface area (Å²) in [7, 11) is 0. The third kappa shape index (κ3) is 2.18. The van der Waals surface area contributed by atoms with Crippen LogP contribution in [-0.4, -0.2) is 5.11 Å². The van der Waals surface area contributed by atoms with E-state index in [1.165, 1.54) is 12.1 Å². The molecule has 1 rings (SSSR count). The zero-order valence-electron chi connectivity index (χ0n) is 7.47. The Bertz CT molecular complexity index is 423. The minimum absolute atomic E-state index is 0.00602. The van der Waals surface area contributed by atoms with E-state index < -0.39 is 5.82 Å². The van der Waals surface area contributed by atoms with Crippen LogP contribution in [0.1, 0.15) is 11.1 Å². The molecule has 0 aliphatic carbocycles.